The van der Waals surface area contributed by atoms with Gasteiger partial charge in [0.15, 0.2) is 0 Å². The van der Waals surface area contributed by atoms with Crippen molar-refractivity contribution < 1.29 is 26.6 Å². The van der Waals surface area contributed by atoms with E-state index in [1.807, 2.05) is 0 Å². The number of rotatable bonds is 21. The van der Waals surface area contributed by atoms with E-state index >= 15 is 0 Å². The molecule has 10 saturated carbocycles. The van der Waals surface area contributed by atoms with Crippen molar-refractivity contribution >= 4 is 17.6 Å². The van der Waals surface area contributed by atoms with Crippen LogP contribution in [0.3, 0.4) is 0 Å². The van der Waals surface area contributed by atoms with Crippen LogP contribution in [0.15, 0.2) is 0 Å². The van der Waals surface area contributed by atoms with Crippen LogP contribution in [0.5, 0.6) is 0 Å². The van der Waals surface area contributed by atoms with Crippen molar-refractivity contribution in [3.63, 3.8) is 0 Å². The molecule has 0 aromatic heterocycles. The first-order valence-corrected chi connectivity index (χ1v) is 37.5. The molecule has 438 valence electrons. The lowest BCUT2D eigenvalue weighted by Crippen LogP contribution is -2.55. The van der Waals surface area contributed by atoms with E-state index in [0.29, 0.717) is 10.8 Å². The van der Waals surface area contributed by atoms with E-state index in [4.69, 9.17) is 26.6 Å². The fourth-order valence-corrected chi connectivity index (χ4v) is 26.2. The summed E-state index contributed by atoms with van der Waals surface area (Å²) in [7, 11) is 5.67. The minimum atomic E-state index is -2.50. The third-order valence-electron chi connectivity index (χ3n) is 26.7. The normalized spacial score (nSPS) is 41.8. The Balaban J connectivity index is 0.780. The van der Waals surface area contributed by atoms with Crippen LogP contribution in [0.25, 0.3) is 0 Å². The van der Waals surface area contributed by atoms with E-state index in [1.165, 1.54) is 218 Å². The molecule has 0 heterocycles. The lowest BCUT2D eigenvalue weighted by Gasteiger charge is -2.53. The van der Waals surface area contributed by atoms with Gasteiger partial charge in [-0.2, -0.15) is 0 Å². The molecule has 0 N–H and O–H groups in total. The molecular weight excluding hydrogens is 973 g/mol. The van der Waals surface area contributed by atoms with E-state index in [2.05, 4.69) is 37.5 Å². The van der Waals surface area contributed by atoms with E-state index in [1.54, 1.807) is 42.7 Å². The zero-order valence-corrected chi connectivity index (χ0v) is 53.2. The van der Waals surface area contributed by atoms with Gasteiger partial charge in [-0.15, -0.1) is 0 Å². The quantitative estimate of drug-likeness (QED) is 0.105. The van der Waals surface area contributed by atoms with Crippen LogP contribution in [0.4, 0.5) is 0 Å². The molecule has 0 aromatic carbocycles. The maximum Gasteiger partial charge on any atom is 0.500 e. The van der Waals surface area contributed by atoms with Gasteiger partial charge < -0.3 is 26.6 Å². The molecule has 10 heteroatoms. The molecular formula is C66H120N2O6Si2. The lowest BCUT2D eigenvalue weighted by atomic mass is 9.66. The Morgan fingerprint density at radius 1 is 0.329 bits per heavy atom. The van der Waals surface area contributed by atoms with Crippen LogP contribution in [0.2, 0.25) is 12.1 Å². The van der Waals surface area contributed by atoms with Gasteiger partial charge in [0.25, 0.3) is 0 Å². The average molecular weight is 1090 g/mol. The van der Waals surface area contributed by atoms with Crippen molar-refractivity contribution in [1.82, 2.24) is 9.80 Å². The molecule has 10 unspecified atom stereocenters. The molecule has 0 aliphatic heterocycles. The summed E-state index contributed by atoms with van der Waals surface area (Å²) in [4.78, 5) is 6.68. The Hall–Kier alpha value is 0.114. The monoisotopic (exact) mass is 1090 g/mol. The Labute approximate surface area is 470 Å². The maximum atomic E-state index is 5.82. The van der Waals surface area contributed by atoms with Crippen molar-refractivity contribution in [3.8, 4) is 0 Å². The summed E-state index contributed by atoms with van der Waals surface area (Å²) in [6, 6.07) is 6.74. The SMILES string of the molecule is CO[Si](CCCC1CCC(N(C2CCC(C3CCC(N(C4CCC(CCC[Si](OC)(OC)OC)CC4)C4CCC5C6CCCCC6C(C)(C)C5C4)CC3)CC2)C2CCC3C4CCCCC4C(C)(C)C3C2)CC1)(OC)OC. The zero-order chi connectivity index (χ0) is 53.2. The number of nitrogens with zero attached hydrogens (tertiary/aromatic N) is 2. The van der Waals surface area contributed by atoms with Gasteiger partial charge in [0, 0.05) is 91.0 Å². The zero-order valence-electron chi connectivity index (χ0n) is 51.2. The van der Waals surface area contributed by atoms with Gasteiger partial charge in [-0.3, -0.25) is 9.80 Å². The third-order valence-corrected chi connectivity index (χ3v) is 32.3. The number of fused-ring (bicyclic) bond motifs is 6. The van der Waals surface area contributed by atoms with E-state index < -0.39 is 17.6 Å². The van der Waals surface area contributed by atoms with Gasteiger partial charge in [-0.1, -0.05) is 66.2 Å². The summed E-state index contributed by atoms with van der Waals surface area (Å²) in [5, 5.41) is 0. The molecule has 0 spiro atoms. The highest BCUT2D eigenvalue weighted by atomic mass is 28.4. The maximum absolute atomic E-state index is 5.82. The van der Waals surface area contributed by atoms with Crippen molar-refractivity contribution in [1.29, 1.82) is 0 Å². The van der Waals surface area contributed by atoms with Gasteiger partial charge in [-0.05, 0) is 262 Å². The molecule has 10 rings (SSSR count). The van der Waals surface area contributed by atoms with Crippen molar-refractivity contribution in [3.05, 3.63) is 0 Å². The van der Waals surface area contributed by atoms with Crippen LogP contribution >= 0.6 is 0 Å². The molecule has 10 aliphatic carbocycles. The number of hydrogen-bond acceptors (Lipinski definition) is 8. The average Bonchev–Trinajstić information content (AvgIpc) is 3.86. The minimum absolute atomic E-state index is 0.522. The summed E-state index contributed by atoms with van der Waals surface area (Å²) in [5.74, 6) is 11.5. The summed E-state index contributed by atoms with van der Waals surface area (Å²) in [5.41, 5.74) is 1.04. The number of hydrogen-bond donors (Lipinski definition) is 0. The predicted octanol–water partition coefficient (Wildman–Crippen LogP) is 16.4. The fourth-order valence-electron chi connectivity index (χ4n) is 22.7. The van der Waals surface area contributed by atoms with Crippen molar-refractivity contribution in [2.75, 3.05) is 42.7 Å². The Bertz CT molecular complexity index is 1620. The molecule has 10 fully saturated rings. The van der Waals surface area contributed by atoms with Crippen LogP contribution in [-0.2, 0) is 26.6 Å². The van der Waals surface area contributed by atoms with Gasteiger partial charge in [0.1, 0.15) is 0 Å². The Morgan fingerprint density at radius 2 is 0.618 bits per heavy atom. The summed E-state index contributed by atoms with van der Waals surface area (Å²) >= 11 is 0. The van der Waals surface area contributed by atoms with Gasteiger partial charge in [0.05, 0.1) is 0 Å². The van der Waals surface area contributed by atoms with E-state index in [0.717, 1.165) is 119 Å². The molecule has 76 heavy (non-hydrogen) atoms. The molecule has 0 aromatic rings. The first-order chi connectivity index (χ1) is 36.8. The second-order valence-electron chi connectivity index (χ2n) is 30.0. The topological polar surface area (TPSA) is 61.9 Å². The van der Waals surface area contributed by atoms with Gasteiger partial charge in [-0.25, -0.2) is 0 Å². The molecule has 0 radical (unpaired) electrons. The molecule has 0 saturated heterocycles. The molecule has 8 nitrogen and oxygen atoms in total. The Morgan fingerprint density at radius 3 is 0.947 bits per heavy atom. The molecule has 10 atom stereocenters. The third kappa shape index (κ3) is 12.2. The standard InChI is InChI=1S/C66H120N2O6Si2/c1-65(2)61-21-13-11-19-57(61)59-41-39-55(45-63(59)65)67(51-31-23-47(24-32-51)17-15-43-75(69-5,70-6)71-7)53-35-27-49(28-36-53)50-29-37-54(38-30-50)68(52-33-25-48(26-34-52)18-16-44-76(72-8,73-9)74-10)56-40-42-60-58-20-12-14-22-62(58)66(3,4)64(60)46-56/h47-64H,11-46H2,1-10H3. The van der Waals surface area contributed by atoms with Gasteiger partial charge in [0.2, 0.25) is 0 Å². The van der Waals surface area contributed by atoms with Crippen LogP contribution in [-0.4, -0.2) is 106 Å². The lowest BCUT2D eigenvalue weighted by molar-refractivity contribution is -0.0323. The van der Waals surface area contributed by atoms with Gasteiger partial charge >= 0.3 is 17.6 Å². The smallest absolute Gasteiger partial charge is 0.377 e. The second-order valence-corrected chi connectivity index (χ2v) is 36.2. The largest absolute Gasteiger partial charge is 0.500 e. The van der Waals surface area contributed by atoms with E-state index in [-0.39, 0.29) is 0 Å². The second kappa shape index (κ2) is 25.9. The molecule has 0 bridgehead atoms. The first-order valence-electron chi connectivity index (χ1n) is 33.7. The van der Waals surface area contributed by atoms with E-state index in [9.17, 15) is 0 Å². The minimum Gasteiger partial charge on any atom is -0.377 e. The predicted molar refractivity (Wildman–Crippen MR) is 316 cm³/mol. The molecule has 10 aliphatic rings. The van der Waals surface area contributed by atoms with Crippen molar-refractivity contribution in [2.45, 2.75) is 294 Å². The first kappa shape index (κ1) is 59.3. The van der Waals surface area contributed by atoms with Crippen LogP contribution in [0.1, 0.15) is 246 Å². The van der Waals surface area contributed by atoms with Crippen LogP contribution < -0.4 is 0 Å². The molecule has 0 amide bonds. The summed E-state index contributed by atoms with van der Waals surface area (Å²) in [6.45, 7) is 11.0. The summed E-state index contributed by atoms with van der Waals surface area (Å²) < 4.78 is 34.9. The highest BCUT2D eigenvalue weighted by molar-refractivity contribution is 6.60. The highest BCUT2D eigenvalue weighted by Crippen LogP contribution is 2.65. The van der Waals surface area contributed by atoms with Crippen molar-refractivity contribution in [2.24, 2.45) is 81.8 Å². The fraction of sp³-hybridized carbons (Fsp3) is 1.00. The Kier molecular flexibility index (Phi) is 20.2. The van der Waals surface area contributed by atoms with Crippen LogP contribution in [0, 0.1) is 81.8 Å². The summed E-state index contributed by atoms with van der Waals surface area (Å²) in [6.07, 6.45) is 49.3. The highest BCUT2D eigenvalue weighted by Gasteiger charge is 2.59.